The number of anilines is 2. The van der Waals surface area contributed by atoms with Crippen LogP contribution in [-0.4, -0.2) is 46.5 Å². The molecule has 3 aromatic rings. The van der Waals surface area contributed by atoms with Crippen LogP contribution < -0.4 is 15.8 Å². The number of hydrogen-bond donors (Lipinski definition) is 2. The summed E-state index contributed by atoms with van der Waals surface area (Å²) in [6.45, 7) is 7.45. The molecule has 8 nitrogen and oxygen atoms in total. The van der Waals surface area contributed by atoms with Gasteiger partial charge >= 0.3 is 0 Å². The Morgan fingerprint density at radius 2 is 1.83 bits per heavy atom. The first-order valence-corrected chi connectivity index (χ1v) is 12.2. The maximum atomic E-state index is 13.5. The average molecular weight is 488 g/mol. The molecule has 0 spiro atoms. The highest BCUT2D eigenvalue weighted by molar-refractivity contribution is 5.93. The lowest BCUT2D eigenvalue weighted by Gasteiger charge is -2.24. The van der Waals surface area contributed by atoms with Crippen molar-refractivity contribution < 1.29 is 14.3 Å². The number of methoxy groups -OCH3 is 1. The van der Waals surface area contributed by atoms with Gasteiger partial charge in [-0.15, -0.1) is 0 Å². The van der Waals surface area contributed by atoms with Gasteiger partial charge in [0.1, 0.15) is 11.8 Å². The maximum absolute atomic E-state index is 13.5. The number of para-hydroxylation sites is 1. The molecule has 4 rings (SSSR count). The fourth-order valence-corrected chi connectivity index (χ4v) is 4.52. The van der Waals surface area contributed by atoms with Crippen molar-refractivity contribution in [1.29, 1.82) is 0 Å². The zero-order valence-corrected chi connectivity index (χ0v) is 20.8. The van der Waals surface area contributed by atoms with Gasteiger partial charge in [-0.05, 0) is 48.6 Å². The minimum atomic E-state index is -0.578. The fraction of sp³-hybridized carbons (Fsp3) is 0.321. The molecule has 0 saturated carbocycles. The molecule has 0 aliphatic carbocycles. The van der Waals surface area contributed by atoms with Gasteiger partial charge in [0.25, 0.3) is 0 Å². The molecule has 2 amide bonds. The summed E-state index contributed by atoms with van der Waals surface area (Å²) >= 11 is 0. The Balaban J connectivity index is 1.48. The topological polar surface area (TPSA) is 102 Å². The van der Waals surface area contributed by atoms with Crippen LogP contribution in [0.25, 0.3) is 5.57 Å². The predicted octanol–water partition coefficient (Wildman–Crippen LogP) is 4.36. The van der Waals surface area contributed by atoms with E-state index >= 15 is 0 Å². The maximum Gasteiger partial charge on any atom is 0.250 e. The van der Waals surface area contributed by atoms with Gasteiger partial charge in [-0.2, -0.15) is 0 Å². The second-order valence-corrected chi connectivity index (χ2v) is 9.20. The van der Waals surface area contributed by atoms with Crippen LogP contribution in [0, 0.1) is 5.92 Å². The first-order chi connectivity index (χ1) is 17.4. The predicted molar refractivity (Wildman–Crippen MR) is 141 cm³/mol. The molecule has 3 N–H and O–H groups in total. The summed E-state index contributed by atoms with van der Waals surface area (Å²) in [5, 5.41) is 2.88. The van der Waals surface area contributed by atoms with Gasteiger partial charge in [0.05, 0.1) is 13.4 Å². The number of benzene rings is 2. The molecular formula is C28H33N5O3. The number of nitrogens with one attached hydrogen (secondary N) is 1. The number of carbonyl (C=O) groups is 2. The number of rotatable bonds is 9. The monoisotopic (exact) mass is 487 g/mol. The number of likely N-dealkylation sites (tertiary alicyclic amines) is 1. The van der Waals surface area contributed by atoms with E-state index in [9.17, 15) is 9.59 Å². The standard InChI is InChI=1S/C28H33N5O3/c1-19(23-8-4-5-9-24(23)29)16-20(2)27(34)31-25-17-33(18-30-25)26(28(35)32-14-6-7-15-32)21-10-12-22(36-3)13-11-21/h4-5,8-13,17-18,20,26H,1,6-7,14-16,29H2,2-3H3,(H,31,34). The van der Waals surface area contributed by atoms with Crippen molar-refractivity contribution >= 4 is 28.9 Å². The van der Waals surface area contributed by atoms with Crippen LogP contribution in [0.3, 0.4) is 0 Å². The molecule has 2 atom stereocenters. The van der Waals surface area contributed by atoms with Crippen LogP contribution in [0.2, 0.25) is 0 Å². The minimum absolute atomic E-state index is 0.0121. The molecule has 2 unspecified atom stereocenters. The summed E-state index contributed by atoms with van der Waals surface area (Å²) in [5.41, 5.74) is 9.17. The van der Waals surface area contributed by atoms with Gasteiger partial charge < -0.3 is 25.3 Å². The van der Waals surface area contributed by atoms with E-state index in [1.807, 2.05) is 60.4 Å². The fourth-order valence-electron chi connectivity index (χ4n) is 4.52. The molecular weight excluding hydrogens is 454 g/mol. The molecule has 1 aliphatic rings. The molecule has 0 radical (unpaired) electrons. The number of allylic oxidation sites excluding steroid dienone is 1. The Hall–Kier alpha value is -4.07. The molecule has 1 saturated heterocycles. The zero-order valence-electron chi connectivity index (χ0n) is 20.8. The van der Waals surface area contributed by atoms with Gasteiger partial charge in [-0.25, -0.2) is 4.98 Å². The van der Waals surface area contributed by atoms with E-state index < -0.39 is 6.04 Å². The summed E-state index contributed by atoms with van der Waals surface area (Å²) in [6.07, 6.45) is 5.77. The number of ether oxygens (including phenoxy) is 1. The van der Waals surface area contributed by atoms with Gasteiger partial charge in [-0.3, -0.25) is 9.59 Å². The summed E-state index contributed by atoms with van der Waals surface area (Å²) in [4.78, 5) is 32.6. The Kier molecular flexibility index (Phi) is 7.73. The van der Waals surface area contributed by atoms with Crippen molar-refractivity contribution in [3.63, 3.8) is 0 Å². The quantitative estimate of drug-likeness (QED) is 0.437. The number of aromatic nitrogens is 2. The molecule has 36 heavy (non-hydrogen) atoms. The average Bonchev–Trinajstić information content (AvgIpc) is 3.57. The van der Waals surface area contributed by atoms with E-state index in [0.29, 0.717) is 17.9 Å². The van der Waals surface area contributed by atoms with Crippen molar-refractivity contribution in [3.8, 4) is 5.75 Å². The number of nitrogens with zero attached hydrogens (tertiary/aromatic N) is 3. The molecule has 8 heteroatoms. The molecule has 2 aromatic carbocycles. The number of amides is 2. The third-order valence-corrected chi connectivity index (χ3v) is 6.58. The summed E-state index contributed by atoms with van der Waals surface area (Å²) in [7, 11) is 1.61. The van der Waals surface area contributed by atoms with E-state index in [2.05, 4.69) is 16.9 Å². The Morgan fingerprint density at radius 3 is 2.50 bits per heavy atom. The molecule has 1 aromatic heterocycles. The van der Waals surface area contributed by atoms with Crippen LogP contribution in [0.1, 0.15) is 43.4 Å². The first kappa shape index (κ1) is 25.0. The van der Waals surface area contributed by atoms with E-state index in [1.165, 1.54) is 0 Å². The van der Waals surface area contributed by atoms with Crippen LogP contribution in [0.5, 0.6) is 5.75 Å². The summed E-state index contributed by atoms with van der Waals surface area (Å²) in [5.74, 6) is 0.605. The summed E-state index contributed by atoms with van der Waals surface area (Å²) < 4.78 is 7.03. The highest BCUT2D eigenvalue weighted by Gasteiger charge is 2.29. The molecule has 1 aliphatic heterocycles. The second kappa shape index (κ2) is 11.1. The van der Waals surface area contributed by atoms with Crippen molar-refractivity contribution in [2.24, 2.45) is 5.92 Å². The highest BCUT2D eigenvalue weighted by Crippen LogP contribution is 2.28. The lowest BCUT2D eigenvalue weighted by Crippen LogP contribution is -2.35. The Labute approximate surface area is 211 Å². The van der Waals surface area contributed by atoms with E-state index in [0.717, 1.165) is 48.4 Å². The lowest BCUT2D eigenvalue weighted by molar-refractivity contribution is -0.132. The van der Waals surface area contributed by atoms with Crippen LogP contribution in [-0.2, 0) is 9.59 Å². The van der Waals surface area contributed by atoms with Gasteiger partial charge in [0.15, 0.2) is 5.82 Å². The van der Waals surface area contributed by atoms with Crippen LogP contribution in [0.4, 0.5) is 11.5 Å². The number of imidazole rings is 1. The molecule has 2 heterocycles. The number of hydrogen-bond acceptors (Lipinski definition) is 5. The van der Waals surface area contributed by atoms with Crippen LogP contribution >= 0.6 is 0 Å². The molecule has 1 fully saturated rings. The highest BCUT2D eigenvalue weighted by atomic mass is 16.5. The third kappa shape index (κ3) is 5.59. The number of nitrogens with two attached hydrogens (primary N) is 1. The molecule has 0 bridgehead atoms. The third-order valence-electron chi connectivity index (χ3n) is 6.58. The normalized spacial score (nSPS) is 14.8. The lowest BCUT2D eigenvalue weighted by atomic mass is 9.95. The number of nitrogen functional groups attached to an aromatic ring is 1. The minimum Gasteiger partial charge on any atom is -0.497 e. The van der Waals surface area contributed by atoms with E-state index in [4.69, 9.17) is 10.5 Å². The SMILES string of the molecule is C=C(CC(C)C(=O)Nc1cn(C(C(=O)N2CCCC2)c2ccc(OC)cc2)cn1)c1ccccc1N. The first-order valence-electron chi connectivity index (χ1n) is 12.2. The van der Waals surface area contributed by atoms with Crippen LogP contribution in [0.15, 0.2) is 67.6 Å². The van der Waals surface area contributed by atoms with Crippen molar-refractivity contribution in [3.05, 3.63) is 78.8 Å². The second-order valence-electron chi connectivity index (χ2n) is 9.20. The molecule has 188 valence electrons. The Bertz CT molecular complexity index is 1230. The smallest absolute Gasteiger partial charge is 0.250 e. The Morgan fingerprint density at radius 1 is 1.14 bits per heavy atom. The van der Waals surface area contributed by atoms with Gasteiger partial charge in [-0.1, -0.05) is 43.8 Å². The van der Waals surface area contributed by atoms with E-state index in [-0.39, 0.29) is 17.7 Å². The largest absolute Gasteiger partial charge is 0.497 e. The van der Waals surface area contributed by atoms with E-state index in [1.54, 1.807) is 24.2 Å². The number of carbonyl (C=O) groups excluding carboxylic acids is 2. The van der Waals surface area contributed by atoms with Crippen molar-refractivity contribution in [1.82, 2.24) is 14.5 Å². The van der Waals surface area contributed by atoms with Crippen molar-refractivity contribution in [2.75, 3.05) is 31.2 Å². The zero-order chi connectivity index (χ0) is 25.7. The van der Waals surface area contributed by atoms with Crippen molar-refractivity contribution in [2.45, 2.75) is 32.2 Å². The summed E-state index contributed by atoms with van der Waals surface area (Å²) in [6, 6.07) is 14.4. The van der Waals surface area contributed by atoms with Gasteiger partial charge in [0, 0.05) is 36.5 Å². The van der Waals surface area contributed by atoms with Gasteiger partial charge in [0.2, 0.25) is 11.8 Å².